The fraction of sp³-hybridized carbons (Fsp3) is 0.700. The molecule has 5 atom stereocenters. The smallest absolute Gasteiger partial charge is 0.329 e. The van der Waals surface area contributed by atoms with E-state index in [2.05, 4.69) is 26.1 Å². The zero-order valence-corrected chi connectivity index (χ0v) is 22.9. The number of phenols is 2. The highest BCUT2D eigenvalue weighted by Gasteiger charge is 2.63. The number of phenolic OH excluding ortho intramolecular Hbond substituents is 2. The van der Waals surface area contributed by atoms with Gasteiger partial charge in [0, 0.05) is 17.5 Å². The van der Waals surface area contributed by atoms with Crippen LogP contribution in [0, 0.1) is 22.7 Å². The third kappa shape index (κ3) is 4.54. The third-order valence-corrected chi connectivity index (χ3v) is 10.7. The summed E-state index contributed by atoms with van der Waals surface area (Å²) < 4.78 is 6.18. The average Bonchev–Trinajstić information content (AvgIpc) is 3.52. The Labute approximate surface area is 225 Å². The molecule has 208 valence electrons. The van der Waals surface area contributed by atoms with Gasteiger partial charge >= 0.3 is 5.97 Å². The predicted octanol–water partition coefficient (Wildman–Crippen LogP) is 4.53. The van der Waals surface area contributed by atoms with E-state index in [0.717, 1.165) is 51.4 Å². The summed E-state index contributed by atoms with van der Waals surface area (Å²) in [5, 5.41) is 22.4. The minimum absolute atomic E-state index is 0.0199. The van der Waals surface area contributed by atoms with Crippen molar-refractivity contribution in [2.24, 2.45) is 22.7 Å². The van der Waals surface area contributed by atoms with Gasteiger partial charge in [0.25, 0.3) is 5.91 Å². The maximum absolute atomic E-state index is 14.0. The maximum atomic E-state index is 14.0. The van der Waals surface area contributed by atoms with Crippen molar-refractivity contribution in [1.82, 2.24) is 10.2 Å². The standard InChI is InChI=1S/C30H42N2O6/c1-29(2)20-13-14-30(29,3)24(17-20)38-28(37)21-10-7-15-32(21)27(36)25(18-8-5-4-6-9-18)31-26(35)19-11-12-22(33)23(34)16-19/h11-12,16,18,20-21,24-25,33-34H,4-10,13-15,17H2,1-3H3,(H,31,35). The fourth-order valence-corrected chi connectivity index (χ4v) is 7.72. The van der Waals surface area contributed by atoms with Gasteiger partial charge < -0.3 is 25.2 Å². The summed E-state index contributed by atoms with van der Waals surface area (Å²) in [6, 6.07) is 2.48. The van der Waals surface area contributed by atoms with Crippen molar-refractivity contribution in [3.8, 4) is 11.5 Å². The third-order valence-electron chi connectivity index (χ3n) is 10.7. The molecule has 1 saturated heterocycles. The molecule has 1 heterocycles. The summed E-state index contributed by atoms with van der Waals surface area (Å²) in [6.07, 6.45) is 9.03. The number of hydrogen-bond donors (Lipinski definition) is 3. The number of ether oxygens (including phenoxy) is 1. The van der Waals surface area contributed by atoms with Gasteiger partial charge in [-0.2, -0.15) is 0 Å². The summed E-state index contributed by atoms with van der Waals surface area (Å²) in [4.78, 5) is 42.3. The summed E-state index contributed by atoms with van der Waals surface area (Å²) in [6.45, 7) is 7.28. The Bertz CT molecular complexity index is 1100. The molecule has 38 heavy (non-hydrogen) atoms. The van der Waals surface area contributed by atoms with Crippen LogP contribution in [-0.2, 0) is 14.3 Å². The van der Waals surface area contributed by atoms with E-state index in [9.17, 15) is 24.6 Å². The van der Waals surface area contributed by atoms with Crippen LogP contribution in [0.1, 0.15) is 95.3 Å². The van der Waals surface area contributed by atoms with Crippen molar-refractivity contribution in [3.05, 3.63) is 23.8 Å². The number of fused-ring (bicyclic) bond motifs is 2. The summed E-state index contributed by atoms with van der Waals surface area (Å²) in [5.74, 6) is -1.20. The average molecular weight is 527 g/mol. The molecular weight excluding hydrogens is 484 g/mol. The second-order valence-electron chi connectivity index (χ2n) is 12.8. The molecule has 2 amide bonds. The van der Waals surface area contributed by atoms with Crippen LogP contribution in [0.15, 0.2) is 18.2 Å². The molecule has 3 aliphatic carbocycles. The van der Waals surface area contributed by atoms with Gasteiger partial charge in [-0.05, 0) is 80.4 Å². The van der Waals surface area contributed by atoms with Gasteiger partial charge in [0.2, 0.25) is 5.91 Å². The number of nitrogens with zero attached hydrogens (tertiary/aromatic N) is 1. The molecule has 4 fully saturated rings. The van der Waals surface area contributed by atoms with Crippen LogP contribution < -0.4 is 5.32 Å². The number of carbonyl (C=O) groups excluding carboxylic acids is 3. The highest BCUT2D eigenvalue weighted by molar-refractivity contribution is 5.98. The first kappa shape index (κ1) is 26.8. The van der Waals surface area contributed by atoms with Gasteiger partial charge in [-0.1, -0.05) is 40.0 Å². The van der Waals surface area contributed by atoms with Crippen molar-refractivity contribution >= 4 is 17.8 Å². The Morgan fingerprint density at radius 1 is 1.00 bits per heavy atom. The molecule has 0 radical (unpaired) electrons. The largest absolute Gasteiger partial charge is 0.504 e. The Balaban J connectivity index is 1.32. The quantitative estimate of drug-likeness (QED) is 0.371. The van der Waals surface area contributed by atoms with Crippen LogP contribution in [0.5, 0.6) is 11.5 Å². The van der Waals surface area contributed by atoms with E-state index < -0.39 is 23.7 Å². The Hall–Kier alpha value is -2.77. The highest BCUT2D eigenvalue weighted by Crippen LogP contribution is 2.66. The second-order valence-corrected chi connectivity index (χ2v) is 12.8. The summed E-state index contributed by atoms with van der Waals surface area (Å²) in [5.41, 5.74) is 0.246. The van der Waals surface area contributed by atoms with Gasteiger partial charge in [0.05, 0.1) is 0 Å². The van der Waals surface area contributed by atoms with E-state index in [1.54, 1.807) is 4.90 Å². The number of esters is 1. The lowest BCUT2D eigenvalue weighted by molar-refractivity contribution is -0.165. The van der Waals surface area contributed by atoms with Crippen molar-refractivity contribution in [3.63, 3.8) is 0 Å². The Morgan fingerprint density at radius 3 is 2.37 bits per heavy atom. The molecule has 4 aliphatic rings. The SMILES string of the molecule is CC1(C)C2CCC1(C)C(OC(=O)C1CCCN1C(=O)C(NC(=O)c1ccc(O)c(O)c1)C1CCCCC1)C2. The zero-order valence-electron chi connectivity index (χ0n) is 22.9. The number of likely N-dealkylation sites (tertiary alicyclic amines) is 1. The van der Waals surface area contributed by atoms with Crippen molar-refractivity contribution in [2.75, 3.05) is 6.54 Å². The molecule has 0 spiro atoms. The second kappa shape index (κ2) is 10.1. The first-order valence-corrected chi connectivity index (χ1v) is 14.4. The predicted molar refractivity (Wildman–Crippen MR) is 141 cm³/mol. The number of nitrogens with one attached hydrogen (secondary N) is 1. The van der Waals surface area contributed by atoms with E-state index >= 15 is 0 Å². The molecule has 8 heteroatoms. The molecule has 1 aliphatic heterocycles. The van der Waals surface area contributed by atoms with Crippen molar-refractivity contribution in [1.29, 1.82) is 0 Å². The number of carbonyl (C=O) groups is 3. The minimum Gasteiger partial charge on any atom is -0.504 e. The lowest BCUT2D eigenvalue weighted by atomic mass is 9.70. The monoisotopic (exact) mass is 526 g/mol. The highest BCUT2D eigenvalue weighted by atomic mass is 16.5. The molecule has 3 saturated carbocycles. The van der Waals surface area contributed by atoms with E-state index in [1.807, 2.05) is 0 Å². The van der Waals surface area contributed by atoms with Crippen LogP contribution in [0.25, 0.3) is 0 Å². The maximum Gasteiger partial charge on any atom is 0.329 e. The number of amides is 2. The fourth-order valence-electron chi connectivity index (χ4n) is 7.72. The molecule has 5 unspecified atom stereocenters. The number of benzene rings is 1. The van der Waals surface area contributed by atoms with Gasteiger partial charge in [-0.25, -0.2) is 4.79 Å². The molecule has 0 aromatic heterocycles. The van der Waals surface area contributed by atoms with Gasteiger partial charge in [-0.3, -0.25) is 9.59 Å². The number of rotatable bonds is 6. The normalized spacial score (nSPS) is 31.2. The Kier molecular flexibility index (Phi) is 7.12. The molecule has 1 aromatic carbocycles. The molecular formula is C30H42N2O6. The van der Waals surface area contributed by atoms with Crippen LogP contribution in [0.2, 0.25) is 0 Å². The van der Waals surface area contributed by atoms with Crippen LogP contribution in [0.3, 0.4) is 0 Å². The molecule has 3 N–H and O–H groups in total. The molecule has 8 nitrogen and oxygen atoms in total. The molecule has 5 rings (SSSR count). The first-order chi connectivity index (χ1) is 18.0. The summed E-state index contributed by atoms with van der Waals surface area (Å²) in [7, 11) is 0. The lowest BCUT2D eigenvalue weighted by Gasteiger charge is -2.39. The van der Waals surface area contributed by atoms with Crippen LogP contribution in [0.4, 0.5) is 0 Å². The molecule has 2 bridgehead atoms. The molecule has 1 aromatic rings. The van der Waals surface area contributed by atoms with Crippen molar-refractivity contribution in [2.45, 2.75) is 103 Å². The summed E-state index contributed by atoms with van der Waals surface area (Å²) >= 11 is 0. The number of hydrogen-bond acceptors (Lipinski definition) is 6. The van der Waals surface area contributed by atoms with Crippen molar-refractivity contribution < 1.29 is 29.3 Å². The first-order valence-electron chi connectivity index (χ1n) is 14.4. The van der Waals surface area contributed by atoms with Gasteiger partial charge in [-0.15, -0.1) is 0 Å². The van der Waals surface area contributed by atoms with Gasteiger partial charge in [0.15, 0.2) is 11.5 Å². The zero-order chi connectivity index (χ0) is 27.2. The van der Waals surface area contributed by atoms with E-state index in [-0.39, 0.29) is 46.0 Å². The number of aromatic hydroxyl groups is 2. The van der Waals surface area contributed by atoms with E-state index in [4.69, 9.17) is 4.74 Å². The van der Waals surface area contributed by atoms with E-state index in [1.165, 1.54) is 24.6 Å². The topological polar surface area (TPSA) is 116 Å². The van der Waals surface area contributed by atoms with E-state index in [0.29, 0.717) is 18.9 Å². The minimum atomic E-state index is -0.758. The Morgan fingerprint density at radius 2 is 1.74 bits per heavy atom. The van der Waals surface area contributed by atoms with Gasteiger partial charge in [0.1, 0.15) is 18.2 Å². The lowest BCUT2D eigenvalue weighted by Crippen LogP contribution is -2.55. The van der Waals surface area contributed by atoms with Crippen LogP contribution in [-0.4, -0.2) is 57.6 Å². The van der Waals surface area contributed by atoms with Crippen LogP contribution >= 0.6 is 0 Å².